The van der Waals surface area contributed by atoms with Crippen LogP contribution >= 0.6 is 24.0 Å². The van der Waals surface area contributed by atoms with E-state index in [0.29, 0.717) is 6.04 Å². The minimum atomic E-state index is 0. The van der Waals surface area contributed by atoms with Gasteiger partial charge in [-0.25, -0.2) is 0 Å². The van der Waals surface area contributed by atoms with E-state index in [-0.39, 0.29) is 24.0 Å². The van der Waals surface area contributed by atoms with Gasteiger partial charge in [0.05, 0.1) is 0 Å². The normalized spacial score (nSPS) is 11.6. The highest BCUT2D eigenvalue weighted by Crippen LogP contribution is 1.92. The molecule has 0 saturated heterocycles. The lowest BCUT2D eigenvalue weighted by atomic mass is 10.2. The van der Waals surface area contributed by atoms with Crippen LogP contribution in [-0.2, 0) is 0 Å². The van der Waals surface area contributed by atoms with E-state index in [1.165, 1.54) is 19.3 Å². The Morgan fingerprint density at radius 2 is 1.78 bits per heavy atom. The number of hydrogen-bond donors (Lipinski definition) is 2. The van der Waals surface area contributed by atoms with E-state index in [4.69, 9.17) is 0 Å². The van der Waals surface area contributed by atoms with E-state index >= 15 is 0 Å². The molecule has 0 aromatic heterocycles. The summed E-state index contributed by atoms with van der Waals surface area (Å²) in [6, 6.07) is 0.594. The molecule has 4 nitrogen and oxygen atoms in total. The van der Waals surface area contributed by atoms with Crippen molar-refractivity contribution in [1.29, 1.82) is 0 Å². The summed E-state index contributed by atoms with van der Waals surface area (Å²) < 4.78 is 0. The lowest BCUT2D eigenvalue weighted by Crippen LogP contribution is -2.42. The third-order valence-corrected chi connectivity index (χ3v) is 2.93. The van der Waals surface area contributed by atoms with Crippen LogP contribution in [0.25, 0.3) is 0 Å². The molecule has 5 heteroatoms. The van der Waals surface area contributed by atoms with Gasteiger partial charge in [-0.2, -0.15) is 0 Å². The highest BCUT2D eigenvalue weighted by molar-refractivity contribution is 14.0. The zero-order chi connectivity index (χ0) is 13.1. The van der Waals surface area contributed by atoms with Gasteiger partial charge in [-0.3, -0.25) is 4.99 Å². The maximum absolute atomic E-state index is 4.20. The molecule has 0 radical (unpaired) electrons. The zero-order valence-electron chi connectivity index (χ0n) is 12.6. The monoisotopic (exact) mass is 370 g/mol. The largest absolute Gasteiger partial charge is 0.356 e. The van der Waals surface area contributed by atoms with Gasteiger partial charge in [-0.15, -0.1) is 24.0 Å². The first-order valence-electron chi connectivity index (χ1n) is 6.76. The van der Waals surface area contributed by atoms with Crippen LogP contribution in [0.1, 0.15) is 40.0 Å². The van der Waals surface area contributed by atoms with Gasteiger partial charge in [0.2, 0.25) is 0 Å². The number of aliphatic imine (C=N–C) groups is 1. The van der Waals surface area contributed by atoms with Crippen LogP contribution in [0.5, 0.6) is 0 Å². The molecule has 0 aromatic rings. The zero-order valence-corrected chi connectivity index (χ0v) is 15.0. The minimum absolute atomic E-state index is 0. The molecule has 0 bridgehead atoms. The lowest BCUT2D eigenvalue weighted by Gasteiger charge is -2.21. The van der Waals surface area contributed by atoms with Crippen molar-refractivity contribution in [1.82, 2.24) is 15.5 Å². The lowest BCUT2D eigenvalue weighted by molar-refractivity contribution is 0.278. The van der Waals surface area contributed by atoms with Gasteiger partial charge >= 0.3 is 0 Å². The number of hydrogen-bond acceptors (Lipinski definition) is 2. The van der Waals surface area contributed by atoms with Gasteiger partial charge in [0.25, 0.3) is 0 Å². The fourth-order valence-corrected chi connectivity index (χ4v) is 1.41. The van der Waals surface area contributed by atoms with E-state index in [0.717, 1.165) is 25.6 Å². The first-order valence-corrected chi connectivity index (χ1v) is 6.76. The molecule has 0 aliphatic rings. The van der Waals surface area contributed by atoms with Crippen molar-refractivity contribution < 1.29 is 0 Å². The van der Waals surface area contributed by atoms with Crippen LogP contribution in [-0.4, -0.2) is 50.6 Å². The Kier molecular flexibility index (Phi) is 15.1. The second-order valence-corrected chi connectivity index (χ2v) is 4.71. The van der Waals surface area contributed by atoms with Crippen molar-refractivity contribution in [2.24, 2.45) is 4.99 Å². The van der Waals surface area contributed by atoms with E-state index in [9.17, 15) is 0 Å². The summed E-state index contributed by atoms with van der Waals surface area (Å²) in [7, 11) is 3.96. The maximum atomic E-state index is 4.20. The highest BCUT2D eigenvalue weighted by Gasteiger charge is 2.02. The molecule has 0 rings (SSSR count). The average Bonchev–Trinajstić information content (AvgIpc) is 2.31. The summed E-state index contributed by atoms with van der Waals surface area (Å²) in [5.74, 6) is 0.915. The highest BCUT2D eigenvalue weighted by atomic mass is 127. The molecule has 0 fully saturated rings. The van der Waals surface area contributed by atoms with Gasteiger partial charge in [-0.05, 0) is 27.3 Å². The van der Waals surface area contributed by atoms with Gasteiger partial charge in [0.1, 0.15) is 0 Å². The second-order valence-electron chi connectivity index (χ2n) is 4.71. The van der Waals surface area contributed by atoms with Crippen LogP contribution in [0.3, 0.4) is 0 Å². The van der Waals surface area contributed by atoms with Crippen LogP contribution in [0.2, 0.25) is 0 Å². The molecule has 2 N–H and O–H groups in total. The van der Waals surface area contributed by atoms with Crippen LogP contribution in [0, 0.1) is 0 Å². The summed E-state index contributed by atoms with van der Waals surface area (Å²) in [5.41, 5.74) is 0. The van der Waals surface area contributed by atoms with Crippen molar-refractivity contribution in [2.75, 3.05) is 33.7 Å². The summed E-state index contributed by atoms with van der Waals surface area (Å²) in [5, 5.41) is 6.66. The molecule has 0 aromatic carbocycles. The fourth-order valence-electron chi connectivity index (χ4n) is 1.41. The molecule has 110 valence electrons. The number of guanidine groups is 1. The summed E-state index contributed by atoms with van der Waals surface area (Å²) in [6.07, 6.45) is 3.75. The number of unbranched alkanes of at least 4 members (excludes halogenated alkanes) is 2. The number of rotatable bonds is 8. The minimum Gasteiger partial charge on any atom is -0.356 e. The molecule has 0 aliphatic carbocycles. The Morgan fingerprint density at radius 3 is 2.28 bits per heavy atom. The van der Waals surface area contributed by atoms with Gasteiger partial charge in [-0.1, -0.05) is 19.8 Å². The molecule has 0 amide bonds. The second kappa shape index (κ2) is 13.4. The predicted molar refractivity (Wildman–Crippen MR) is 92.1 cm³/mol. The Morgan fingerprint density at radius 1 is 1.17 bits per heavy atom. The number of likely N-dealkylation sites (N-methyl/N-ethyl adjacent to an activating group) is 1. The van der Waals surface area contributed by atoms with Crippen LogP contribution in [0.15, 0.2) is 4.99 Å². The average molecular weight is 370 g/mol. The molecular weight excluding hydrogens is 339 g/mol. The SMILES string of the molecule is CCCCCNC(=NC)NCCN(C)C(C)C.I. The first-order chi connectivity index (χ1) is 8.11. The Labute approximate surface area is 130 Å². The summed E-state index contributed by atoms with van der Waals surface area (Å²) in [6.45, 7) is 9.60. The fraction of sp³-hybridized carbons (Fsp3) is 0.923. The van der Waals surface area contributed by atoms with E-state index in [1.54, 1.807) is 0 Å². The van der Waals surface area contributed by atoms with Crippen molar-refractivity contribution in [3.8, 4) is 0 Å². The van der Waals surface area contributed by atoms with Crippen LogP contribution < -0.4 is 10.6 Å². The number of nitrogens with zero attached hydrogens (tertiary/aromatic N) is 2. The Bertz CT molecular complexity index is 207. The van der Waals surface area contributed by atoms with E-state index < -0.39 is 0 Å². The van der Waals surface area contributed by atoms with Gasteiger partial charge < -0.3 is 15.5 Å². The van der Waals surface area contributed by atoms with Gasteiger partial charge in [0, 0.05) is 32.7 Å². The van der Waals surface area contributed by atoms with E-state index in [1.807, 2.05) is 7.05 Å². The Hall–Kier alpha value is -0.0400. The predicted octanol–water partition coefficient (Wildman–Crippen LogP) is 2.30. The molecule has 0 unspecified atom stereocenters. The smallest absolute Gasteiger partial charge is 0.191 e. The number of nitrogens with one attached hydrogen (secondary N) is 2. The molecule has 18 heavy (non-hydrogen) atoms. The standard InChI is InChI=1S/C13H30N4.HI/c1-6-7-8-9-15-13(14-4)16-10-11-17(5)12(2)3;/h12H,6-11H2,1-5H3,(H2,14,15,16);1H. The molecule has 0 spiro atoms. The van der Waals surface area contributed by atoms with Crippen molar-refractivity contribution in [3.63, 3.8) is 0 Å². The summed E-state index contributed by atoms with van der Waals surface area (Å²) in [4.78, 5) is 6.52. The third kappa shape index (κ3) is 11.1. The topological polar surface area (TPSA) is 39.7 Å². The molecule has 0 heterocycles. The molecule has 0 aliphatic heterocycles. The molecule has 0 saturated carbocycles. The van der Waals surface area contributed by atoms with E-state index in [2.05, 4.69) is 48.3 Å². The van der Waals surface area contributed by atoms with Crippen molar-refractivity contribution in [2.45, 2.75) is 46.1 Å². The molecular formula is C13H31IN4. The van der Waals surface area contributed by atoms with Gasteiger partial charge in [0.15, 0.2) is 5.96 Å². The summed E-state index contributed by atoms with van der Waals surface area (Å²) >= 11 is 0. The maximum Gasteiger partial charge on any atom is 0.191 e. The molecule has 0 atom stereocenters. The quantitative estimate of drug-likeness (QED) is 0.298. The first kappa shape index (κ1) is 20.3. The Balaban J connectivity index is 0. The third-order valence-electron chi connectivity index (χ3n) is 2.93. The van der Waals surface area contributed by atoms with Crippen molar-refractivity contribution in [3.05, 3.63) is 0 Å². The van der Waals surface area contributed by atoms with Crippen LogP contribution in [0.4, 0.5) is 0 Å². The number of halogens is 1. The van der Waals surface area contributed by atoms with Crippen molar-refractivity contribution >= 4 is 29.9 Å².